The second-order valence-electron chi connectivity index (χ2n) is 7.81. The Morgan fingerprint density at radius 2 is 2.00 bits per heavy atom. The smallest absolute Gasteiger partial charge is 0.241 e. The summed E-state index contributed by atoms with van der Waals surface area (Å²) in [4.78, 5) is 15.4. The van der Waals surface area contributed by atoms with Crippen LogP contribution in [0, 0.1) is 11.3 Å². The molecule has 5 nitrogen and oxygen atoms in total. The lowest BCUT2D eigenvalue weighted by Crippen LogP contribution is -2.82. The van der Waals surface area contributed by atoms with Crippen LogP contribution in [0.4, 0.5) is 0 Å². The second kappa shape index (κ2) is 5.77. The number of likely N-dealkylation sites (tertiary alicyclic amines) is 1. The van der Waals surface area contributed by atoms with Crippen molar-refractivity contribution in [2.45, 2.75) is 64.1 Å². The number of nitrogens with zero attached hydrogens (tertiary/aromatic N) is 1. The minimum absolute atomic E-state index is 0.0409. The van der Waals surface area contributed by atoms with Gasteiger partial charge in [0.15, 0.2) is 0 Å². The van der Waals surface area contributed by atoms with Gasteiger partial charge in [-0.3, -0.25) is 4.79 Å². The zero-order chi connectivity index (χ0) is 16.0. The average Bonchev–Trinajstić information content (AvgIpc) is 2.54. The molecule has 0 aromatic rings. The summed E-state index contributed by atoms with van der Waals surface area (Å²) in [5.41, 5.74) is 5.58. The van der Waals surface area contributed by atoms with E-state index < -0.39 is 5.54 Å². The largest absolute Gasteiger partial charge is 0.377 e. The maximum Gasteiger partial charge on any atom is 0.241 e. The fourth-order valence-corrected chi connectivity index (χ4v) is 4.74. The van der Waals surface area contributed by atoms with Crippen molar-refractivity contribution in [3.05, 3.63) is 0 Å². The van der Waals surface area contributed by atoms with Gasteiger partial charge in [0, 0.05) is 37.1 Å². The van der Waals surface area contributed by atoms with Gasteiger partial charge in [-0.05, 0) is 32.2 Å². The molecule has 0 aromatic heterocycles. The number of ether oxygens (including phenoxy) is 1. The van der Waals surface area contributed by atoms with Crippen LogP contribution in [-0.4, -0.2) is 54.7 Å². The normalized spacial score (nSPS) is 38.9. The molecule has 0 bridgehead atoms. The van der Waals surface area contributed by atoms with Gasteiger partial charge in [0.25, 0.3) is 0 Å². The fraction of sp³-hybridized carbons (Fsp3) is 0.941. The molecule has 1 amide bonds. The quantitative estimate of drug-likeness (QED) is 0.820. The van der Waals surface area contributed by atoms with Crippen molar-refractivity contribution in [3.63, 3.8) is 0 Å². The Bertz CT molecular complexity index is 432. The first-order chi connectivity index (χ1) is 10.4. The van der Waals surface area contributed by atoms with Crippen LogP contribution in [0.25, 0.3) is 0 Å². The maximum atomic E-state index is 12.9. The summed E-state index contributed by atoms with van der Waals surface area (Å²) in [5.74, 6) is 0.214. The van der Waals surface area contributed by atoms with Crippen molar-refractivity contribution in [3.8, 4) is 0 Å². The van der Waals surface area contributed by atoms with Crippen LogP contribution in [0.5, 0.6) is 0 Å². The van der Waals surface area contributed by atoms with Gasteiger partial charge in [-0.15, -0.1) is 0 Å². The monoisotopic (exact) mass is 309 g/mol. The average molecular weight is 309 g/mol. The van der Waals surface area contributed by atoms with Crippen LogP contribution in [0.15, 0.2) is 0 Å². The van der Waals surface area contributed by atoms with Gasteiger partial charge in [-0.1, -0.05) is 20.8 Å². The van der Waals surface area contributed by atoms with Crippen molar-refractivity contribution in [2.24, 2.45) is 17.1 Å². The highest BCUT2D eigenvalue weighted by molar-refractivity contribution is 5.89. The first-order valence-corrected chi connectivity index (χ1v) is 8.85. The molecule has 2 saturated heterocycles. The molecule has 3 N–H and O–H groups in total. The molecule has 0 aromatic carbocycles. The first kappa shape index (κ1) is 16.2. The van der Waals surface area contributed by atoms with Crippen LogP contribution in [0.1, 0.15) is 46.5 Å². The Hall–Kier alpha value is -0.650. The van der Waals surface area contributed by atoms with Crippen LogP contribution in [-0.2, 0) is 9.53 Å². The summed E-state index contributed by atoms with van der Waals surface area (Å²) in [7, 11) is 0. The molecule has 3 unspecified atom stereocenters. The minimum Gasteiger partial charge on any atom is -0.377 e. The van der Waals surface area contributed by atoms with E-state index in [1.807, 2.05) is 0 Å². The van der Waals surface area contributed by atoms with E-state index in [1.54, 1.807) is 0 Å². The molecule has 0 spiro atoms. The lowest BCUT2D eigenvalue weighted by molar-refractivity contribution is -0.225. The number of fused-ring (bicyclic) bond motifs is 1. The molecule has 1 aliphatic carbocycles. The van der Waals surface area contributed by atoms with E-state index in [1.165, 1.54) is 0 Å². The van der Waals surface area contributed by atoms with Crippen molar-refractivity contribution < 1.29 is 9.53 Å². The van der Waals surface area contributed by atoms with Gasteiger partial charge in [0.1, 0.15) is 5.54 Å². The number of rotatable bonds is 3. The number of piperidine rings is 1. The minimum atomic E-state index is -0.778. The number of hydrogen-bond donors (Lipinski definition) is 2. The van der Waals surface area contributed by atoms with E-state index >= 15 is 0 Å². The second-order valence-corrected chi connectivity index (χ2v) is 7.81. The molecule has 2 aliphatic heterocycles. The van der Waals surface area contributed by atoms with Crippen molar-refractivity contribution in [1.82, 2.24) is 10.2 Å². The van der Waals surface area contributed by atoms with Crippen molar-refractivity contribution >= 4 is 5.91 Å². The van der Waals surface area contributed by atoms with Gasteiger partial charge < -0.3 is 20.7 Å². The molecular weight excluding hydrogens is 278 g/mol. The SMILES string of the molecule is CCN1CCC(NC(=O)C2(N)C3CCCOC3C2(C)C)CC1. The van der Waals surface area contributed by atoms with E-state index in [2.05, 4.69) is 31.0 Å². The predicted octanol–water partition coefficient (Wildman–Crippen LogP) is 1.12. The number of nitrogens with one attached hydrogen (secondary N) is 1. The summed E-state index contributed by atoms with van der Waals surface area (Å²) >= 11 is 0. The summed E-state index contributed by atoms with van der Waals surface area (Å²) in [6.45, 7) is 10.4. The molecule has 0 radical (unpaired) electrons. The Labute approximate surface area is 133 Å². The third kappa shape index (κ3) is 2.29. The van der Waals surface area contributed by atoms with Crippen LogP contribution >= 0.6 is 0 Å². The molecule has 3 aliphatic rings. The van der Waals surface area contributed by atoms with E-state index in [4.69, 9.17) is 10.5 Å². The van der Waals surface area contributed by atoms with Gasteiger partial charge in [-0.2, -0.15) is 0 Å². The zero-order valence-electron chi connectivity index (χ0n) is 14.2. The van der Waals surface area contributed by atoms with Gasteiger partial charge in [0.05, 0.1) is 6.10 Å². The Morgan fingerprint density at radius 3 is 2.64 bits per heavy atom. The molecule has 3 fully saturated rings. The molecular formula is C17H31N3O2. The summed E-state index contributed by atoms with van der Waals surface area (Å²) < 4.78 is 5.89. The third-order valence-corrected chi connectivity index (χ3v) is 6.43. The highest BCUT2D eigenvalue weighted by atomic mass is 16.5. The van der Waals surface area contributed by atoms with Gasteiger partial charge in [0.2, 0.25) is 5.91 Å². The van der Waals surface area contributed by atoms with Crippen LogP contribution < -0.4 is 11.1 Å². The number of nitrogens with two attached hydrogens (primary N) is 1. The Kier molecular flexibility index (Phi) is 4.25. The highest BCUT2D eigenvalue weighted by Gasteiger charge is 2.70. The summed E-state index contributed by atoms with van der Waals surface area (Å²) in [6.07, 6.45) is 4.21. The molecule has 3 rings (SSSR count). The number of carbonyl (C=O) groups is 1. The molecule has 2 heterocycles. The van der Waals surface area contributed by atoms with Crippen molar-refractivity contribution in [1.29, 1.82) is 0 Å². The lowest BCUT2D eigenvalue weighted by atomic mass is 9.46. The molecule has 1 saturated carbocycles. The van der Waals surface area contributed by atoms with E-state index in [0.717, 1.165) is 51.9 Å². The molecule has 126 valence electrons. The zero-order valence-corrected chi connectivity index (χ0v) is 14.2. The van der Waals surface area contributed by atoms with E-state index in [-0.39, 0.29) is 29.4 Å². The van der Waals surface area contributed by atoms with Crippen LogP contribution in [0.2, 0.25) is 0 Å². The van der Waals surface area contributed by atoms with Crippen LogP contribution in [0.3, 0.4) is 0 Å². The standard InChI is InChI=1S/C17H31N3O2/c1-4-20-9-7-12(8-10-20)19-15(21)17(18)13-6-5-11-22-14(13)16(17,2)3/h12-14H,4-11,18H2,1-3H3,(H,19,21). The Balaban J connectivity index is 1.64. The molecule has 5 heteroatoms. The van der Waals surface area contributed by atoms with Gasteiger partial charge in [-0.25, -0.2) is 0 Å². The first-order valence-electron chi connectivity index (χ1n) is 8.85. The third-order valence-electron chi connectivity index (χ3n) is 6.43. The lowest BCUT2D eigenvalue weighted by Gasteiger charge is -2.65. The predicted molar refractivity (Wildman–Crippen MR) is 86.4 cm³/mol. The van der Waals surface area contributed by atoms with E-state index in [0.29, 0.717) is 0 Å². The highest BCUT2D eigenvalue weighted by Crippen LogP contribution is 2.57. The Morgan fingerprint density at radius 1 is 1.32 bits per heavy atom. The summed E-state index contributed by atoms with van der Waals surface area (Å²) in [5, 5.41) is 3.25. The molecule has 3 atom stereocenters. The topological polar surface area (TPSA) is 67.6 Å². The number of hydrogen-bond acceptors (Lipinski definition) is 4. The number of amides is 1. The molecule has 22 heavy (non-hydrogen) atoms. The fourth-order valence-electron chi connectivity index (χ4n) is 4.74. The van der Waals surface area contributed by atoms with Gasteiger partial charge >= 0.3 is 0 Å². The van der Waals surface area contributed by atoms with E-state index in [9.17, 15) is 4.79 Å². The number of carbonyl (C=O) groups excluding carboxylic acids is 1. The van der Waals surface area contributed by atoms with Crippen molar-refractivity contribution in [2.75, 3.05) is 26.2 Å². The summed E-state index contributed by atoms with van der Waals surface area (Å²) in [6, 6.07) is 0.273. The maximum absolute atomic E-state index is 12.9.